The van der Waals surface area contributed by atoms with Crippen LogP contribution < -0.4 is 5.32 Å². The number of nitrogens with zero attached hydrogens (tertiary/aromatic N) is 4. The lowest BCUT2D eigenvalue weighted by Gasteiger charge is -2.33. The summed E-state index contributed by atoms with van der Waals surface area (Å²) in [5.41, 5.74) is 1.42. The van der Waals surface area contributed by atoms with E-state index in [1.54, 1.807) is 18.5 Å². The normalized spacial score (nSPS) is 24.0. The summed E-state index contributed by atoms with van der Waals surface area (Å²) in [6, 6.07) is 5.28. The van der Waals surface area contributed by atoms with Crippen LogP contribution in [0.15, 0.2) is 45.6 Å². The topological polar surface area (TPSA) is 112 Å². The molecule has 2 fully saturated rings. The summed E-state index contributed by atoms with van der Waals surface area (Å²) in [6.07, 6.45) is 10.1. The number of dihydropyridines is 1. The predicted molar refractivity (Wildman–Crippen MR) is 113 cm³/mol. The highest BCUT2D eigenvalue weighted by Crippen LogP contribution is 2.59. The number of fused-ring (bicyclic) bond motifs is 1. The second kappa shape index (κ2) is 7.65. The highest BCUT2D eigenvalue weighted by atomic mass is 16.3. The molecule has 4 heterocycles. The molecule has 0 bridgehead atoms. The molecular formula is C23H23N5O3. The first-order valence-corrected chi connectivity index (χ1v) is 10.6. The van der Waals surface area contributed by atoms with Gasteiger partial charge in [0.05, 0.1) is 17.8 Å². The standard InChI is InChI=1S/C23H23N5O3/c24-11-18-2-1-16(12-26-18)22(30)28-7-4-23(5-8-28)10-17(23)13-27-21(29)19-9-15-3-6-25-14-20(15)31-19/h1,3,6,9,12,14,17-18H,2,4-5,7-8,10,13H2,(H,27,29). The Morgan fingerprint density at radius 2 is 2.19 bits per heavy atom. The molecule has 158 valence electrons. The third-order valence-electron chi connectivity index (χ3n) is 6.81. The fourth-order valence-corrected chi connectivity index (χ4v) is 4.72. The van der Waals surface area contributed by atoms with Gasteiger partial charge in [0.15, 0.2) is 11.3 Å². The Morgan fingerprint density at radius 1 is 1.35 bits per heavy atom. The SMILES string of the molecule is N#CC1CC=C(C(=O)N2CCC3(CC2)CC3CNC(=O)c2cc3ccncc3o2)C=N1. The van der Waals surface area contributed by atoms with Gasteiger partial charge in [0.2, 0.25) is 0 Å². The molecule has 3 aliphatic rings. The van der Waals surface area contributed by atoms with E-state index < -0.39 is 0 Å². The number of carbonyl (C=O) groups excluding carboxylic acids is 2. The summed E-state index contributed by atoms with van der Waals surface area (Å²) in [4.78, 5) is 35.2. The van der Waals surface area contributed by atoms with Crippen LogP contribution >= 0.6 is 0 Å². The van der Waals surface area contributed by atoms with Crippen molar-refractivity contribution < 1.29 is 14.0 Å². The molecule has 2 aromatic rings. The molecule has 5 rings (SSSR count). The molecule has 1 saturated heterocycles. The van der Waals surface area contributed by atoms with E-state index in [2.05, 4.69) is 21.4 Å². The summed E-state index contributed by atoms with van der Waals surface area (Å²) in [7, 11) is 0. The molecular weight excluding hydrogens is 394 g/mol. The monoisotopic (exact) mass is 417 g/mol. The number of likely N-dealkylation sites (tertiary alicyclic amines) is 1. The van der Waals surface area contributed by atoms with Crippen molar-refractivity contribution in [3.8, 4) is 6.07 Å². The minimum Gasteiger partial charge on any atom is -0.449 e. The van der Waals surface area contributed by atoms with Gasteiger partial charge in [-0.2, -0.15) is 5.26 Å². The quantitative estimate of drug-likeness (QED) is 0.821. The van der Waals surface area contributed by atoms with Crippen molar-refractivity contribution in [2.45, 2.75) is 31.7 Å². The zero-order valence-corrected chi connectivity index (χ0v) is 17.1. The van der Waals surface area contributed by atoms with E-state index in [1.807, 2.05) is 17.0 Å². The van der Waals surface area contributed by atoms with Gasteiger partial charge in [-0.3, -0.25) is 19.6 Å². The lowest BCUT2D eigenvalue weighted by molar-refractivity contribution is -0.128. The van der Waals surface area contributed by atoms with Crippen LogP contribution in [-0.4, -0.2) is 53.6 Å². The van der Waals surface area contributed by atoms with Crippen LogP contribution in [-0.2, 0) is 4.79 Å². The molecule has 0 aromatic carbocycles. The highest BCUT2D eigenvalue weighted by molar-refractivity contribution is 6.12. The first kappa shape index (κ1) is 19.5. The van der Waals surface area contributed by atoms with Gasteiger partial charge in [0.1, 0.15) is 6.04 Å². The van der Waals surface area contributed by atoms with Crippen LogP contribution in [0.25, 0.3) is 11.0 Å². The number of furan rings is 1. The summed E-state index contributed by atoms with van der Waals surface area (Å²) in [6.45, 7) is 2.05. The molecule has 1 N–H and O–H groups in total. The van der Waals surface area contributed by atoms with Crippen molar-refractivity contribution in [3.63, 3.8) is 0 Å². The summed E-state index contributed by atoms with van der Waals surface area (Å²) in [5, 5.41) is 12.8. The number of aliphatic imine (C=N–C) groups is 1. The number of hydrogen-bond acceptors (Lipinski definition) is 6. The lowest BCUT2D eigenvalue weighted by Crippen LogP contribution is -2.41. The minimum absolute atomic E-state index is 0.000122. The van der Waals surface area contributed by atoms with E-state index in [1.165, 1.54) is 6.21 Å². The third-order valence-corrected chi connectivity index (χ3v) is 6.81. The van der Waals surface area contributed by atoms with Crippen molar-refractivity contribution in [1.82, 2.24) is 15.2 Å². The third kappa shape index (κ3) is 3.72. The van der Waals surface area contributed by atoms with E-state index in [0.29, 0.717) is 48.9 Å². The molecule has 2 unspecified atom stereocenters. The Hall–Kier alpha value is -3.47. The van der Waals surface area contributed by atoms with Gasteiger partial charge in [0.25, 0.3) is 11.8 Å². The van der Waals surface area contributed by atoms with Crippen LogP contribution in [0.4, 0.5) is 0 Å². The molecule has 0 radical (unpaired) electrons. The van der Waals surface area contributed by atoms with Gasteiger partial charge in [0, 0.05) is 43.9 Å². The Kier molecular flexibility index (Phi) is 4.81. The molecule has 31 heavy (non-hydrogen) atoms. The Labute approximate surface area is 179 Å². The fraction of sp³-hybridized carbons (Fsp3) is 0.435. The Balaban J connectivity index is 1.11. The van der Waals surface area contributed by atoms with Crippen LogP contribution in [0.2, 0.25) is 0 Å². The molecule has 2 amide bonds. The van der Waals surface area contributed by atoms with E-state index in [4.69, 9.17) is 9.68 Å². The number of nitrogens with one attached hydrogen (secondary N) is 1. The van der Waals surface area contributed by atoms with Gasteiger partial charge in [-0.05, 0) is 42.7 Å². The van der Waals surface area contributed by atoms with Gasteiger partial charge in [-0.15, -0.1) is 0 Å². The molecule has 1 spiro atoms. The van der Waals surface area contributed by atoms with Crippen molar-refractivity contribution in [2.24, 2.45) is 16.3 Å². The average molecular weight is 417 g/mol. The lowest BCUT2D eigenvalue weighted by atomic mass is 9.90. The zero-order chi connectivity index (χ0) is 21.4. The van der Waals surface area contributed by atoms with Crippen LogP contribution in [0.1, 0.15) is 36.2 Å². The number of carbonyl (C=O) groups is 2. The van der Waals surface area contributed by atoms with Gasteiger partial charge in [-0.25, -0.2) is 0 Å². The number of rotatable bonds is 4. The maximum absolute atomic E-state index is 12.7. The van der Waals surface area contributed by atoms with E-state index in [0.717, 1.165) is 24.6 Å². The summed E-state index contributed by atoms with van der Waals surface area (Å²) in [5.74, 6) is 0.538. The molecule has 2 aromatic heterocycles. The summed E-state index contributed by atoms with van der Waals surface area (Å²) >= 11 is 0. The second-order valence-electron chi connectivity index (χ2n) is 8.61. The van der Waals surface area contributed by atoms with Gasteiger partial charge >= 0.3 is 0 Å². The number of aromatic nitrogens is 1. The molecule has 1 saturated carbocycles. The largest absolute Gasteiger partial charge is 0.449 e. The second-order valence-corrected chi connectivity index (χ2v) is 8.61. The van der Waals surface area contributed by atoms with Crippen LogP contribution in [0.5, 0.6) is 0 Å². The zero-order valence-electron chi connectivity index (χ0n) is 17.1. The Bertz CT molecular complexity index is 1100. The van der Waals surface area contributed by atoms with E-state index in [9.17, 15) is 9.59 Å². The van der Waals surface area contributed by atoms with Crippen LogP contribution in [0, 0.1) is 22.7 Å². The molecule has 2 atom stereocenters. The first-order valence-electron chi connectivity index (χ1n) is 10.6. The van der Waals surface area contributed by atoms with E-state index in [-0.39, 0.29) is 23.3 Å². The molecule has 8 nitrogen and oxygen atoms in total. The van der Waals surface area contributed by atoms with Gasteiger partial charge in [-0.1, -0.05) is 6.08 Å². The number of hydrogen-bond donors (Lipinski definition) is 1. The predicted octanol–water partition coefficient (Wildman–Crippen LogP) is 2.48. The average Bonchev–Trinajstić information content (AvgIpc) is 3.28. The van der Waals surface area contributed by atoms with Crippen molar-refractivity contribution in [3.05, 3.63) is 41.9 Å². The van der Waals surface area contributed by atoms with E-state index >= 15 is 0 Å². The maximum atomic E-state index is 12.7. The summed E-state index contributed by atoms with van der Waals surface area (Å²) < 4.78 is 5.58. The number of piperidine rings is 1. The maximum Gasteiger partial charge on any atom is 0.287 e. The number of amides is 2. The Morgan fingerprint density at radius 3 is 2.90 bits per heavy atom. The smallest absolute Gasteiger partial charge is 0.287 e. The van der Waals surface area contributed by atoms with Crippen molar-refractivity contribution in [2.75, 3.05) is 19.6 Å². The fourth-order valence-electron chi connectivity index (χ4n) is 4.72. The molecule has 8 heteroatoms. The minimum atomic E-state index is -0.375. The van der Waals surface area contributed by atoms with Crippen molar-refractivity contribution in [1.29, 1.82) is 5.26 Å². The van der Waals surface area contributed by atoms with Crippen LogP contribution in [0.3, 0.4) is 0 Å². The highest BCUT2D eigenvalue weighted by Gasteiger charge is 2.54. The molecule has 1 aliphatic carbocycles. The van der Waals surface area contributed by atoms with Crippen molar-refractivity contribution >= 4 is 29.0 Å². The van der Waals surface area contributed by atoms with Gasteiger partial charge < -0.3 is 14.6 Å². The number of pyridine rings is 1. The molecule has 2 aliphatic heterocycles. The first-order chi connectivity index (χ1) is 15.1. The number of nitriles is 1.